The summed E-state index contributed by atoms with van der Waals surface area (Å²) in [6, 6.07) is 5.55. The van der Waals surface area contributed by atoms with E-state index in [1.165, 1.54) is 12.5 Å². The highest BCUT2D eigenvalue weighted by Gasteiger charge is 2.38. The van der Waals surface area contributed by atoms with E-state index in [2.05, 4.69) is 15.7 Å². The first kappa shape index (κ1) is 23.1. The zero-order valence-electron chi connectivity index (χ0n) is 17.1. The molecule has 172 valence electrons. The highest BCUT2D eigenvalue weighted by molar-refractivity contribution is 5.93. The largest absolute Gasteiger partial charge is 0.490 e. The van der Waals surface area contributed by atoms with Crippen molar-refractivity contribution in [1.82, 2.24) is 19.4 Å². The maximum atomic E-state index is 12.4. The summed E-state index contributed by atoms with van der Waals surface area (Å²) in [5, 5.41) is 7.12. The number of fused-ring (bicyclic) bond motifs is 1. The van der Waals surface area contributed by atoms with Gasteiger partial charge in [-0.25, -0.2) is 9.78 Å². The van der Waals surface area contributed by atoms with Crippen molar-refractivity contribution in [2.75, 3.05) is 13.6 Å². The fourth-order valence-corrected chi connectivity index (χ4v) is 3.13. The van der Waals surface area contributed by atoms with Crippen LogP contribution in [0.1, 0.15) is 27.6 Å². The van der Waals surface area contributed by atoms with Crippen molar-refractivity contribution in [3.05, 3.63) is 66.0 Å². The average molecular weight is 454 g/mol. The third kappa shape index (κ3) is 6.00. The van der Waals surface area contributed by atoms with Crippen molar-refractivity contribution in [3.8, 4) is 0 Å². The van der Waals surface area contributed by atoms with Gasteiger partial charge in [-0.05, 0) is 25.2 Å². The molecule has 0 aliphatic carbocycles. The van der Waals surface area contributed by atoms with Gasteiger partial charge in [-0.1, -0.05) is 0 Å². The van der Waals surface area contributed by atoms with Crippen molar-refractivity contribution >= 4 is 11.9 Å². The van der Waals surface area contributed by atoms with E-state index in [-0.39, 0.29) is 5.91 Å². The monoisotopic (exact) mass is 454 g/mol. The maximum Gasteiger partial charge on any atom is 0.490 e. The molecular formula is C20H21F3N4O5. The SMILES string of the molecule is CN(Cc1cn2c(n1)CN(C(=O)c1ccoc1)CC2)Cc1ccco1.O=C(O)C(F)(F)F. The summed E-state index contributed by atoms with van der Waals surface area (Å²) in [7, 11) is 2.04. The number of alkyl halides is 3. The summed E-state index contributed by atoms with van der Waals surface area (Å²) < 4.78 is 44.3. The fraction of sp³-hybridized carbons (Fsp3) is 0.350. The lowest BCUT2D eigenvalue weighted by molar-refractivity contribution is -0.192. The van der Waals surface area contributed by atoms with Gasteiger partial charge >= 0.3 is 12.1 Å². The Hall–Kier alpha value is -3.54. The van der Waals surface area contributed by atoms with Crippen molar-refractivity contribution in [2.24, 2.45) is 0 Å². The van der Waals surface area contributed by atoms with E-state index >= 15 is 0 Å². The number of carboxylic acid groups (broad SMARTS) is 1. The number of amides is 1. The van der Waals surface area contributed by atoms with Crippen LogP contribution in [-0.2, 0) is 31.0 Å². The Kier molecular flexibility index (Phi) is 7.03. The first-order valence-electron chi connectivity index (χ1n) is 9.51. The molecular weight excluding hydrogens is 433 g/mol. The molecule has 1 aliphatic rings. The lowest BCUT2D eigenvalue weighted by atomic mass is 10.2. The van der Waals surface area contributed by atoms with Crippen LogP contribution in [-0.4, -0.2) is 56.1 Å². The zero-order valence-corrected chi connectivity index (χ0v) is 17.1. The van der Waals surface area contributed by atoms with E-state index in [9.17, 15) is 18.0 Å². The Bertz CT molecular complexity index is 1030. The summed E-state index contributed by atoms with van der Waals surface area (Å²) in [5.41, 5.74) is 1.58. The molecule has 12 heteroatoms. The second-order valence-electron chi connectivity index (χ2n) is 7.14. The van der Waals surface area contributed by atoms with Crippen LogP contribution in [0.4, 0.5) is 13.2 Å². The van der Waals surface area contributed by atoms with Gasteiger partial charge in [-0.15, -0.1) is 0 Å². The predicted molar refractivity (Wildman–Crippen MR) is 103 cm³/mol. The van der Waals surface area contributed by atoms with Crippen LogP contribution < -0.4 is 0 Å². The first-order valence-corrected chi connectivity index (χ1v) is 9.51. The third-order valence-electron chi connectivity index (χ3n) is 4.59. The number of nitrogens with zero attached hydrogens (tertiary/aromatic N) is 4. The standard InChI is InChI=1S/C18H20N4O3.C2HF3O2/c1-20(11-16-3-2-7-25-16)9-15-10-21-5-6-22(12-17(21)19-15)18(23)14-4-8-24-13-14;3-2(4,5)1(6)7/h2-4,7-8,10,13H,5-6,9,11-12H2,1H3;(H,6,7). The van der Waals surface area contributed by atoms with E-state index in [1.54, 1.807) is 12.3 Å². The van der Waals surface area contributed by atoms with Gasteiger partial charge in [0.1, 0.15) is 17.8 Å². The normalized spacial score (nSPS) is 13.5. The van der Waals surface area contributed by atoms with Gasteiger partial charge < -0.3 is 23.4 Å². The molecule has 1 aliphatic heterocycles. The third-order valence-corrected chi connectivity index (χ3v) is 4.59. The number of aliphatic carboxylic acids is 1. The van der Waals surface area contributed by atoms with Crippen molar-refractivity contribution in [3.63, 3.8) is 0 Å². The summed E-state index contributed by atoms with van der Waals surface area (Å²) >= 11 is 0. The minimum Gasteiger partial charge on any atom is -0.475 e. The van der Waals surface area contributed by atoms with E-state index in [0.717, 1.165) is 36.9 Å². The molecule has 3 aromatic rings. The molecule has 1 amide bonds. The number of carbonyl (C=O) groups is 2. The van der Waals surface area contributed by atoms with Gasteiger partial charge in [0.05, 0.1) is 36.9 Å². The summed E-state index contributed by atoms with van der Waals surface area (Å²) in [6.07, 6.45) is 1.68. The number of aromatic nitrogens is 2. The van der Waals surface area contributed by atoms with E-state index < -0.39 is 12.1 Å². The number of carboxylic acids is 1. The number of hydrogen-bond acceptors (Lipinski definition) is 6. The van der Waals surface area contributed by atoms with Crippen molar-refractivity contribution in [1.29, 1.82) is 0 Å². The summed E-state index contributed by atoms with van der Waals surface area (Å²) in [6.45, 7) is 3.42. The van der Waals surface area contributed by atoms with Gasteiger partial charge in [0.15, 0.2) is 0 Å². The molecule has 4 rings (SSSR count). The van der Waals surface area contributed by atoms with Gasteiger partial charge in [0, 0.05) is 25.8 Å². The quantitative estimate of drug-likeness (QED) is 0.632. The smallest absolute Gasteiger partial charge is 0.475 e. The Morgan fingerprint density at radius 1 is 1.22 bits per heavy atom. The van der Waals surface area contributed by atoms with Crippen LogP contribution in [0.15, 0.2) is 52.0 Å². The molecule has 0 atom stereocenters. The highest BCUT2D eigenvalue weighted by Crippen LogP contribution is 2.17. The number of furan rings is 2. The predicted octanol–water partition coefficient (Wildman–Crippen LogP) is 2.99. The number of halogens is 3. The molecule has 9 nitrogen and oxygen atoms in total. The second kappa shape index (κ2) is 9.73. The van der Waals surface area contributed by atoms with E-state index in [4.69, 9.17) is 23.7 Å². The van der Waals surface area contributed by atoms with Gasteiger partial charge in [-0.2, -0.15) is 13.2 Å². The molecule has 4 heterocycles. The molecule has 0 aromatic carbocycles. The highest BCUT2D eigenvalue weighted by atomic mass is 19.4. The first-order chi connectivity index (χ1) is 15.1. The van der Waals surface area contributed by atoms with E-state index in [0.29, 0.717) is 18.7 Å². The van der Waals surface area contributed by atoms with Gasteiger partial charge in [0.25, 0.3) is 5.91 Å². The summed E-state index contributed by atoms with van der Waals surface area (Å²) in [4.78, 5) is 30.0. The van der Waals surface area contributed by atoms with Crippen LogP contribution in [0.5, 0.6) is 0 Å². The van der Waals surface area contributed by atoms with Crippen LogP contribution in [0.2, 0.25) is 0 Å². The number of imidazole rings is 1. The van der Waals surface area contributed by atoms with Crippen LogP contribution in [0.25, 0.3) is 0 Å². The number of hydrogen-bond donors (Lipinski definition) is 1. The van der Waals surface area contributed by atoms with Crippen LogP contribution in [0.3, 0.4) is 0 Å². The topological polar surface area (TPSA) is 105 Å². The van der Waals surface area contributed by atoms with Crippen LogP contribution >= 0.6 is 0 Å². The fourth-order valence-electron chi connectivity index (χ4n) is 3.13. The lowest BCUT2D eigenvalue weighted by Gasteiger charge is -2.27. The molecule has 0 bridgehead atoms. The minimum atomic E-state index is -5.08. The lowest BCUT2D eigenvalue weighted by Crippen LogP contribution is -2.38. The number of carbonyl (C=O) groups excluding carboxylic acids is 1. The molecule has 0 radical (unpaired) electrons. The molecule has 0 spiro atoms. The van der Waals surface area contributed by atoms with E-state index in [1.807, 2.05) is 24.1 Å². The Morgan fingerprint density at radius 2 is 1.97 bits per heavy atom. The Morgan fingerprint density at radius 3 is 2.56 bits per heavy atom. The van der Waals surface area contributed by atoms with Gasteiger partial charge in [0.2, 0.25) is 0 Å². The van der Waals surface area contributed by atoms with Gasteiger partial charge in [-0.3, -0.25) is 9.69 Å². The molecule has 3 aromatic heterocycles. The maximum absolute atomic E-state index is 12.4. The van der Waals surface area contributed by atoms with Crippen molar-refractivity contribution in [2.45, 2.75) is 32.4 Å². The number of rotatable bonds is 5. The molecule has 0 saturated heterocycles. The molecule has 1 N–H and O–H groups in total. The van der Waals surface area contributed by atoms with Crippen molar-refractivity contribution < 1.29 is 36.7 Å². The molecule has 0 saturated carbocycles. The zero-order chi connectivity index (χ0) is 23.3. The average Bonchev–Trinajstić information content (AvgIpc) is 3.48. The minimum absolute atomic E-state index is 0.0144. The second-order valence-corrected chi connectivity index (χ2v) is 7.14. The molecule has 0 fully saturated rings. The van der Waals surface area contributed by atoms with Crippen LogP contribution in [0, 0.1) is 0 Å². The Balaban J connectivity index is 0.000000360. The summed E-state index contributed by atoms with van der Waals surface area (Å²) in [5.74, 6) is -0.917. The molecule has 0 unspecified atom stereocenters. The Labute approximate surface area is 180 Å². The molecule has 32 heavy (non-hydrogen) atoms.